The first-order chi connectivity index (χ1) is 9.86. The SMILES string of the molecule is CCOC(=O)C(C)(C)c1csc(N2CCN(C)CC2C)n1. The van der Waals surface area contributed by atoms with Crippen molar-refractivity contribution in [1.29, 1.82) is 0 Å². The number of aromatic nitrogens is 1. The molecule has 1 atom stereocenters. The van der Waals surface area contributed by atoms with Crippen LogP contribution in [0.4, 0.5) is 5.13 Å². The fraction of sp³-hybridized carbons (Fsp3) is 0.733. The minimum atomic E-state index is -0.694. The van der Waals surface area contributed by atoms with Crippen LogP contribution in [0.2, 0.25) is 0 Å². The predicted molar refractivity (Wildman–Crippen MR) is 86.1 cm³/mol. The molecule has 1 aliphatic rings. The highest BCUT2D eigenvalue weighted by Gasteiger charge is 2.35. The summed E-state index contributed by atoms with van der Waals surface area (Å²) < 4.78 is 5.16. The first-order valence-electron chi connectivity index (χ1n) is 7.44. The van der Waals surface area contributed by atoms with Crippen LogP contribution in [0.25, 0.3) is 0 Å². The van der Waals surface area contributed by atoms with Gasteiger partial charge in [-0.1, -0.05) is 0 Å². The number of nitrogens with zero attached hydrogens (tertiary/aromatic N) is 3. The Kier molecular flexibility index (Phi) is 4.88. The summed E-state index contributed by atoms with van der Waals surface area (Å²) in [5, 5.41) is 2.99. The van der Waals surface area contributed by atoms with E-state index in [2.05, 4.69) is 23.8 Å². The van der Waals surface area contributed by atoms with E-state index in [1.807, 2.05) is 26.2 Å². The molecule has 0 bridgehead atoms. The van der Waals surface area contributed by atoms with Gasteiger partial charge in [0.1, 0.15) is 5.41 Å². The number of piperazine rings is 1. The molecule has 2 rings (SSSR count). The molecule has 6 heteroatoms. The molecule has 1 aromatic rings. The lowest BCUT2D eigenvalue weighted by atomic mass is 9.90. The Morgan fingerprint density at radius 1 is 1.52 bits per heavy atom. The molecule has 1 unspecified atom stereocenters. The third kappa shape index (κ3) is 3.37. The summed E-state index contributed by atoms with van der Waals surface area (Å²) in [6.45, 7) is 11.2. The van der Waals surface area contributed by atoms with Crippen LogP contribution < -0.4 is 4.90 Å². The maximum atomic E-state index is 12.1. The molecular formula is C15H25N3O2S. The number of rotatable bonds is 4. The average molecular weight is 311 g/mol. The fourth-order valence-corrected chi connectivity index (χ4v) is 3.65. The molecule has 0 radical (unpaired) electrons. The molecular weight excluding hydrogens is 286 g/mol. The first kappa shape index (κ1) is 16.2. The molecule has 0 spiro atoms. The van der Waals surface area contributed by atoms with Gasteiger partial charge in [-0.05, 0) is 34.7 Å². The predicted octanol–water partition coefficient (Wildman–Crippen LogP) is 2.12. The maximum absolute atomic E-state index is 12.1. The number of likely N-dealkylation sites (N-methyl/N-ethyl adjacent to an activating group) is 1. The third-order valence-corrected chi connectivity index (χ3v) is 4.87. The molecule has 118 valence electrons. The van der Waals surface area contributed by atoms with Crippen LogP contribution in [0.3, 0.4) is 0 Å². The number of carbonyl (C=O) groups is 1. The Morgan fingerprint density at radius 3 is 2.86 bits per heavy atom. The molecule has 21 heavy (non-hydrogen) atoms. The number of carbonyl (C=O) groups excluding carboxylic acids is 1. The van der Waals surface area contributed by atoms with E-state index in [0.29, 0.717) is 12.6 Å². The molecule has 0 N–H and O–H groups in total. The van der Waals surface area contributed by atoms with Crippen molar-refractivity contribution in [2.45, 2.75) is 39.2 Å². The number of anilines is 1. The zero-order valence-corrected chi connectivity index (χ0v) is 14.4. The summed E-state index contributed by atoms with van der Waals surface area (Å²) >= 11 is 1.61. The Labute approximate surface area is 130 Å². The Morgan fingerprint density at radius 2 is 2.24 bits per heavy atom. The summed E-state index contributed by atoms with van der Waals surface area (Å²) in [4.78, 5) is 21.5. The van der Waals surface area contributed by atoms with Crippen LogP contribution in [0.5, 0.6) is 0 Å². The highest BCUT2D eigenvalue weighted by atomic mass is 32.1. The Hall–Kier alpha value is -1.14. The van der Waals surface area contributed by atoms with Gasteiger partial charge < -0.3 is 14.5 Å². The van der Waals surface area contributed by atoms with Gasteiger partial charge in [0.2, 0.25) is 0 Å². The van der Waals surface area contributed by atoms with Gasteiger partial charge in [0.25, 0.3) is 0 Å². The molecule has 1 aromatic heterocycles. The van der Waals surface area contributed by atoms with E-state index in [-0.39, 0.29) is 5.97 Å². The van der Waals surface area contributed by atoms with E-state index in [0.717, 1.165) is 30.5 Å². The van der Waals surface area contributed by atoms with Crippen LogP contribution in [0.1, 0.15) is 33.4 Å². The molecule has 0 aliphatic carbocycles. The van der Waals surface area contributed by atoms with E-state index in [9.17, 15) is 4.79 Å². The zero-order valence-electron chi connectivity index (χ0n) is 13.5. The van der Waals surface area contributed by atoms with E-state index in [1.54, 1.807) is 11.3 Å². The summed E-state index contributed by atoms with van der Waals surface area (Å²) in [6, 6.07) is 0.438. The largest absolute Gasteiger partial charge is 0.465 e. The smallest absolute Gasteiger partial charge is 0.317 e. The van der Waals surface area contributed by atoms with Crippen LogP contribution in [-0.4, -0.2) is 55.2 Å². The molecule has 1 aliphatic heterocycles. The zero-order chi connectivity index (χ0) is 15.6. The highest BCUT2D eigenvalue weighted by molar-refractivity contribution is 7.13. The fourth-order valence-electron chi connectivity index (χ4n) is 2.52. The number of ether oxygens (including phenoxy) is 1. The van der Waals surface area contributed by atoms with Gasteiger partial charge in [-0.25, -0.2) is 4.98 Å². The van der Waals surface area contributed by atoms with Gasteiger partial charge >= 0.3 is 5.97 Å². The summed E-state index contributed by atoms with van der Waals surface area (Å²) in [5.41, 5.74) is 0.104. The van der Waals surface area contributed by atoms with E-state index in [4.69, 9.17) is 9.72 Å². The lowest BCUT2D eigenvalue weighted by molar-refractivity contribution is -0.148. The van der Waals surface area contributed by atoms with E-state index >= 15 is 0 Å². The van der Waals surface area contributed by atoms with Gasteiger partial charge in [-0.15, -0.1) is 11.3 Å². The van der Waals surface area contributed by atoms with Gasteiger partial charge in [-0.3, -0.25) is 4.79 Å². The lowest BCUT2D eigenvalue weighted by Gasteiger charge is -2.38. The van der Waals surface area contributed by atoms with Crippen molar-refractivity contribution in [1.82, 2.24) is 9.88 Å². The van der Waals surface area contributed by atoms with Crippen molar-refractivity contribution in [3.05, 3.63) is 11.1 Å². The van der Waals surface area contributed by atoms with Gasteiger partial charge in [0.15, 0.2) is 5.13 Å². The van der Waals surface area contributed by atoms with Crippen molar-refractivity contribution in [2.75, 3.05) is 38.2 Å². The molecule has 1 fully saturated rings. The maximum Gasteiger partial charge on any atom is 0.317 e. The Balaban J connectivity index is 2.16. The number of hydrogen-bond donors (Lipinski definition) is 0. The lowest BCUT2D eigenvalue weighted by Crippen LogP contribution is -2.50. The summed E-state index contributed by atoms with van der Waals surface area (Å²) in [6.07, 6.45) is 0. The van der Waals surface area contributed by atoms with Gasteiger partial charge in [0.05, 0.1) is 12.3 Å². The third-order valence-electron chi connectivity index (χ3n) is 3.99. The van der Waals surface area contributed by atoms with Crippen LogP contribution >= 0.6 is 11.3 Å². The van der Waals surface area contributed by atoms with Crippen molar-refractivity contribution in [3.63, 3.8) is 0 Å². The molecule has 0 saturated carbocycles. The quantitative estimate of drug-likeness (QED) is 0.797. The summed E-state index contributed by atoms with van der Waals surface area (Å²) in [7, 11) is 2.14. The Bertz CT molecular complexity index is 501. The van der Waals surface area contributed by atoms with Crippen molar-refractivity contribution in [3.8, 4) is 0 Å². The van der Waals surface area contributed by atoms with Crippen molar-refractivity contribution in [2.24, 2.45) is 0 Å². The normalized spacial score (nSPS) is 20.6. The summed E-state index contributed by atoms with van der Waals surface area (Å²) in [5.74, 6) is -0.215. The standard InChI is InChI=1S/C15H25N3O2S/c1-6-20-13(19)15(3,4)12-10-21-14(16-12)18-8-7-17(5)9-11(18)2/h10-11H,6-9H2,1-5H3. The topological polar surface area (TPSA) is 45.7 Å². The second-order valence-corrected chi connectivity index (χ2v) is 7.00. The molecule has 5 nitrogen and oxygen atoms in total. The van der Waals surface area contributed by atoms with Gasteiger partial charge in [-0.2, -0.15) is 0 Å². The van der Waals surface area contributed by atoms with Crippen LogP contribution in [0, 0.1) is 0 Å². The van der Waals surface area contributed by atoms with Gasteiger partial charge in [0, 0.05) is 31.1 Å². The second-order valence-electron chi connectivity index (χ2n) is 6.17. The number of esters is 1. The number of thiazole rings is 1. The average Bonchev–Trinajstić information content (AvgIpc) is 2.89. The minimum absolute atomic E-state index is 0.215. The molecule has 0 amide bonds. The molecule has 0 aromatic carbocycles. The second kappa shape index (κ2) is 6.32. The van der Waals surface area contributed by atoms with E-state index in [1.165, 1.54) is 0 Å². The monoisotopic (exact) mass is 311 g/mol. The number of hydrogen-bond acceptors (Lipinski definition) is 6. The van der Waals surface area contributed by atoms with Crippen molar-refractivity contribution >= 4 is 22.4 Å². The van der Waals surface area contributed by atoms with Crippen LogP contribution in [0.15, 0.2) is 5.38 Å². The highest BCUT2D eigenvalue weighted by Crippen LogP contribution is 2.31. The minimum Gasteiger partial charge on any atom is -0.465 e. The molecule has 2 heterocycles. The van der Waals surface area contributed by atoms with E-state index < -0.39 is 5.41 Å². The molecule has 1 saturated heterocycles. The van der Waals surface area contributed by atoms with Crippen molar-refractivity contribution < 1.29 is 9.53 Å². The first-order valence-corrected chi connectivity index (χ1v) is 8.32. The van der Waals surface area contributed by atoms with Crippen LogP contribution in [-0.2, 0) is 14.9 Å².